The molecule has 1 N–H and O–H groups in total. The second-order valence-electron chi connectivity index (χ2n) is 5.59. The van der Waals surface area contributed by atoms with E-state index in [1.54, 1.807) is 0 Å². The van der Waals surface area contributed by atoms with E-state index in [1.165, 1.54) is 22.3 Å². The number of nitrogens with one attached hydrogen (secondary N) is 1. The van der Waals surface area contributed by atoms with E-state index in [2.05, 4.69) is 50.2 Å². The minimum absolute atomic E-state index is 0.395. The van der Waals surface area contributed by atoms with Gasteiger partial charge in [0.1, 0.15) is 0 Å². The highest BCUT2D eigenvalue weighted by Gasteiger charge is 2.09. The molecule has 108 valence electrons. The van der Waals surface area contributed by atoms with Crippen molar-refractivity contribution in [3.8, 4) is 0 Å². The van der Waals surface area contributed by atoms with Gasteiger partial charge in [-0.1, -0.05) is 12.1 Å². The largest absolute Gasteiger partial charge is 0.310 e. The van der Waals surface area contributed by atoms with Gasteiger partial charge >= 0.3 is 0 Å². The predicted octanol–water partition coefficient (Wildman–Crippen LogP) is 3.55. The molecule has 1 aromatic heterocycles. The molecule has 1 unspecified atom stereocenters. The highest BCUT2D eigenvalue weighted by atomic mass is 15.3. The third-order valence-corrected chi connectivity index (χ3v) is 3.92. The molecule has 0 bridgehead atoms. The summed E-state index contributed by atoms with van der Waals surface area (Å²) in [6.07, 6.45) is 4.93. The number of benzene rings is 1. The molecule has 0 spiro atoms. The van der Waals surface area contributed by atoms with Crippen molar-refractivity contribution in [2.75, 3.05) is 6.54 Å². The first-order chi connectivity index (χ1) is 9.58. The van der Waals surface area contributed by atoms with Gasteiger partial charge in [-0.15, -0.1) is 0 Å². The molecular formula is C17H25N3. The van der Waals surface area contributed by atoms with Crippen LogP contribution >= 0.6 is 0 Å². The topological polar surface area (TPSA) is 29.9 Å². The Labute approximate surface area is 122 Å². The van der Waals surface area contributed by atoms with Crippen molar-refractivity contribution in [3.63, 3.8) is 0 Å². The Morgan fingerprint density at radius 1 is 1.15 bits per heavy atom. The minimum atomic E-state index is 0.395. The average Bonchev–Trinajstić information content (AvgIpc) is 2.92. The second-order valence-corrected chi connectivity index (χ2v) is 5.59. The Kier molecular flexibility index (Phi) is 4.96. The molecule has 1 heterocycles. The highest BCUT2D eigenvalue weighted by molar-refractivity contribution is 5.37. The van der Waals surface area contributed by atoms with Crippen LogP contribution in [0, 0.1) is 20.8 Å². The van der Waals surface area contributed by atoms with E-state index in [4.69, 9.17) is 0 Å². The predicted molar refractivity (Wildman–Crippen MR) is 83.9 cm³/mol. The quantitative estimate of drug-likeness (QED) is 0.814. The molecule has 0 saturated carbocycles. The van der Waals surface area contributed by atoms with E-state index >= 15 is 0 Å². The Morgan fingerprint density at radius 2 is 1.90 bits per heavy atom. The lowest BCUT2D eigenvalue weighted by molar-refractivity contribution is 0.506. The van der Waals surface area contributed by atoms with Gasteiger partial charge in [-0.3, -0.25) is 4.68 Å². The van der Waals surface area contributed by atoms with Gasteiger partial charge in [0.05, 0.1) is 0 Å². The molecule has 0 radical (unpaired) electrons. The third-order valence-electron chi connectivity index (χ3n) is 3.92. The van der Waals surface area contributed by atoms with Crippen LogP contribution in [0.2, 0.25) is 0 Å². The molecule has 1 atom stereocenters. The lowest BCUT2D eigenvalue weighted by atomic mass is 9.96. The summed E-state index contributed by atoms with van der Waals surface area (Å²) in [6.45, 7) is 10.8. The smallest absolute Gasteiger partial charge is 0.0489 e. The fraction of sp³-hybridized carbons (Fsp3) is 0.471. The van der Waals surface area contributed by atoms with Crippen molar-refractivity contribution in [1.82, 2.24) is 15.1 Å². The zero-order valence-corrected chi connectivity index (χ0v) is 13.0. The maximum Gasteiger partial charge on any atom is 0.0489 e. The summed E-state index contributed by atoms with van der Waals surface area (Å²) in [5.74, 6) is 0. The van der Waals surface area contributed by atoms with Gasteiger partial charge in [0.15, 0.2) is 0 Å². The van der Waals surface area contributed by atoms with E-state index in [1.807, 2.05) is 23.1 Å². The molecule has 0 aliphatic heterocycles. The average molecular weight is 271 g/mol. The summed E-state index contributed by atoms with van der Waals surface area (Å²) in [4.78, 5) is 0. The summed E-state index contributed by atoms with van der Waals surface area (Å²) in [5.41, 5.74) is 5.53. The van der Waals surface area contributed by atoms with Gasteiger partial charge in [0.25, 0.3) is 0 Å². The van der Waals surface area contributed by atoms with E-state index in [-0.39, 0.29) is 0 Å². The third kappa shape index (κ3) is 3.70. The molecule has 20 heavy (non-hydrogen) atoms. The van der Waals surface area contributed by atoms with E-state index in [0.29, 0.717) is 6.04 Å². The monoisotopic (exact) mass is 271 g/mol. The van der Waals surface area contributed by atoms with Crippen LogP contribution in [0.5, 0.6) is 0 Å². The standard InChI is InChI=1S/C17H25N3/c1-13-11-15(3)17(12-14(13)2)16(4)18-7-5-9-20-10-6-8-19-20/h6,8,10-12,16,18H,5,7,9H2,1-4H3. The van der Waals surface area contributed by atoms with Crippen LogP contribution in [-0.4, -0.2) is 16.3 Å². The maximum absolute atomic E-state index is 4.22. The fourth-order valence-corrected chi connectivity index (χ4v) is 2.55. The molecule has 0 aliphatic rings. The van der Waals surface area contributed by atoms with Crippen molar-refractivity contribution in [2.24, 2.45) is 0 Å². The highest BCUT2D eigenvalue weighted by Crippen LogP contribution is 2.21. The summed E-state index contributed by atoms with van der Waals surface area (Å²) < 4.78 is 1.98. The summed E-state index contributed by atoms with van der Waals surface area (Å²) in [6, 6.07) is 6.96. The molecule has 0 fully saturated rings. The summed E-state index contributed by atoms with van der Waals surface area (Å²) >= 11 is 0. The molecule has 0 saturated heterocycles. The molecule has 3 nitrogen and oxygen atoms in total. The van der Waals surface area contributed by atoms with Gasteiger partial charge < -0.3 is 5.32 Å². The van der Waals surface area contributed by atoms with Crippen LogP contribution in [-0.2, 0) is 6.54 Å². The number of aryl methyl sites for hydroxylation is 4. The number of rotatable bonds is 6. The minimum Gasteiger partial charge on any atom is -0.310 e. The van der Waals surface area contributed by atoms with Crippen LogP contribution in [0.4, 0.5) is 0 Å². The summed E-state index contributed by atoms with van der Waals surface area (Å²) in [7, 11) is 0. The zero-order valence-electron chi connectivity index (χ0n) is 13.0. The van der Waals surface area contributed by atoms with E-state index in [0.717, 1.165) is 19.5 Å². The number of nitrogens with zero attached hydrogens (tertiary/aromatic N) is 2. The molecule has 2 rings (SSSR count). The van der Waals surface area contributed by atoms with E-state index < -0.39 is 0 Å². The lowest BCUT2D eigenvalue weighted by Crippen LogP contribution is -2.22. The Morgan fingerprint density at radius 3 is 2.60 bits per heavy atom. The lowest BCUT2D eigenvalue weighted by Gasteiger charge is -2.18. The number of aromatic nitrogens is 2. The fourth-order valence-electron chi connectivity index (χ4n) is 2.55. The van der Waals surface area contributed by atoms with Crippen molar-refractivity contribution >= 4 is 0 Å². The van der Waals surface area contributed by atoms with Crippen LogP contribution in [0.3, 0.4) is 0 Å². The maximum atomic E-state index is 4.22. The van der Waals surface area contributed by atoms with Gasteiger partial charge in [-0.05, 0) is 69.0 Å². The molecule has 0 amide bonds. The second kappa shape index (κ2) is 6.71. The first kappa shape index (κ1) is 14.8. The molecule has 1 aromatic carbocycles. The molecule has 0 aliphatic carbocycles. The zero-order chi connectivity index (χ0) is 14.5. The van der Waals surface area contributed by atoms with Crippen LogP contribution in [0.15, 0.2) is 30.6 Å². The summed E-state index contributed by atoms with van der Waals surface area (Å²) in [5, 5.41) is 7.82. The Bertz CT molecular complexity index is 544. The first-order valence-corrected chi connectivity index (χ1v) is 7.36. The van der Waals surface area contributed by atoms with Crippen molar-refractivity contribution in [1.29, 1.82) is 0 Å². The van der Waals surface area contributed by atoms with Gasteiger partial charge in [-0.2, -0.15) is 5.10 Å². The first-order valence-electron chi connectivity index (χ1n) is 7.36. The SMILES string of the molecule is Cc1cc(C)c(C(C)NCCCn2cccn2)cc1C. The van der Waals surface area contributed by atoms with Gasteiger partial charge in [0, 0.05) is 25.0 Å². The number of hydrogen-bond donors (Lipinski definition) is 1. The Hall–Kier alpha value is -1.61. The van der Waals surface area contributed by atoms with Crippen molar-refractivity contribution in [3.05, 3.63) is 52.8 Å². The Balaban J connectivity index is 1.85. The van der Waals surface area contributed by atoms with Crippen molar-refractivity contribution in [2.45, 2.75) is 46.7 Å². The normalized spacial score (nSPS) is 12.6. The van der Waals surface area contributed by atoms with Crippen LogP contribution in [0.25, 0.3) is 0 Å². The molecule has 2 aromatic rings. The molecular weight excluding hydrogens is 246 g/mol. The van der Waals surface area contributed by atoms with Crippen LogP contribution < -0.4 is 5.32 Å². The van der Waals surface area contributed by atoms with Gasteiger partial charge in [-0.25, -0.2) is 0 Å². The van der Waals surface area contributed by atoms with Gasteiger partial charge in [0.2, 0.25) is 0 Å². The van der Waals surface area contributed by atoms with Crippen molar-refractivity contribution < 1.29 is 0 Å². The van der Waals surface area contributed by atoms with E-state index in [9.17, 15) is 0 Å². The van der Waals surface area contributed by atoms with Crippen LogP contribution in [0.1, 0.15) is 41.6 Å². The molecule has 3 heteroatoms. The number of hydrogen-bond acceptors (Lipinski definition) is 2.